The van der Waals surface area contributed by atoms with E-state index in [4.69, 9.17) is 0 Å². The average Bonchev–Trinajstić information content (AvgIpc) is 2.68. The van der Waals surface area contributed by atoms with E-state index in [9.17, 15) is 4.79 Å². The number of amides is 1. The lowest BCUT2D eigenvalue weighted by atomic mass is 9.99. The minimum Gasteiger partial charge on any atom is -0.372 e. The number of nitrogens with one attached hydrogen (secondary N) is 1. The van der Waals surface area contributed by atoms with Crippen LogP contribution >= 0.6 is 11.8 Å². The molecular formula is C20H26N4OS. The Morgan fingerprint density at radius 3 is 2.58 bits per heavy atom. The van der Waals surface area contributed by atoms with Crippen LogP contribution in [-0.2, 0) is 6.42 Å². The molecule has 26 heavy (non-hydrogen) atoms. The van der Waals surface area contributed by atoms with Gasteiger partial charge in [0.05, 0.1) is 11.3 Å². The SMILES string of the molecule is CCc1nc(SC)ncc1C(=O)Nc1ccc(N2CCC(C)CC2)cc1. The summed E-state index contributed by atoms with van der Waals surface area (Å²) >= 11 is 1.48. The summed E-state index contributed by atoms with van der Waals surface area (Å²) in [4.78, 5) is 23.7. The average molecular weight is 371 g/mol. The molecule has 1 amide bonds. The smallest absolute Gasteiger partial charge is 0.259 e. The van der Waals surface area contributed by atoms with Crippen LogP contribution in [0.15, 0.2) is 35.6 Å². The minimum atomic E-state index is -0.158. The molecule has 0 bridgehead atoms. The van der Waals surface area contributed by atoms with Crippen molar-refractivity contribution in [2.24, 2.45) is 5.92 Å². The fourth-order valence-corrected chi connectivity index (χ4v) is 3.54. The molecule has 1 N–H and O–H groups in total. The highest BCUT2D eigenvalue weighted by molar-refractivity contribution is 7.98. The third-order valence-corrected chi connectivity index (χ3v) is 5.44. The predicted octanol–water partition coefficient (Wildman–Crippen LogP) is 4.25. The summed E-state index contributed by atoms with van der Waals surface area (Å²) in [6, 6.07) is 8.10. The van der Waals surface area contributed by atoms with Crippen molar-refractivity contribution in [3.63, 3.8) is 0 Å². The number of benzene rings is 1. The molecule has 0 atom stereocenters. The second-order valence-electron chi connectivity index (χ2n) is 6.74. The fraction of sp³-hybridized carbons (Fsp3) is 0.450. The number of thioether (sulfide) groups is 1. The van der Waals surface area contributed by atoms with Crippen molar-refractivity contribution in [2.45, 2.75) is 38.3 Å². The number of aryl methyl sites for hydroxylation is 1. The van der Waals surface area contributed by atoms with Crippen molar-refractivity contribution in [2.75, 3.05) is 29.6 Å². The lowest BCUT2D eigenvalue weighted by Gasteiger charge is -2.32. The van der Waals surface area contributed by atoms with E-state index in [-0.39, 0.29) is 5.91 Å². The number of piperidine rings is 1. The number of rotatable bonds is 5. The third-order valence-electron chi connectivity index (χ3n) is 4.88. The summed E-state index contributed by atoms with van der Waals surface area (Å²) in [5.41, 5.74) is 3.33. The van der Waals surface area contributed by atoms with E-state index >= 15 is 0 Å². The van der Waals surface area contributed by atoms with E-state index in [2.05, 4.69) is 39.2 Å². The molecule has 1 fully saturated rings. The first-order chi connectivity index (χ1) is 12.6. The van der Waals surface area contributed by atoms with Crippen molar-refractivity contribution in [1.82, 2.24) is 9.97 Å². The molecule has 2 aromatic rings. The topological polar surface area (TPSA) is 58.1 Å². The Kier molecular flexibility index (Phi) is 6.14. The van der Waals surface area contributed by atoms with E-state index in [1.54, 1.807) is 6.20 Å². The number of anilines is 2. The molecule has 1 aliphatic heterocycles. The third kappa shape index (κ3) is 4.36. The minimum absolute atomic E-state index is 0.158. The molecule has 1 aromatic carbocycles. The van der Waals surface area contributed by atoms with Crippen LogP contribution in [0.4, 0.5) is 11.4 Å². The highest BCUT2D eigenvalue weighted by Crippen LogP contribution is 2.24. The summed E-state index contributed by atoms with van der Waals surface area (Å²) in [6.45, 7) is 6.52. The quantitative estimate of drug-likeness (QED) is 0.630. The summed E-state index contributed by atoms with van der Waals surface area (Å²) in [5, 5.41) is 3.66. The molecule has 6 heteroatoms. The van der Waals surface area contributed by atoms with Gasteiger partial charge in [0.2, 0.25) is 0 Å². The van der Waals surface area contributed by atoms with Gasteiger partial charge in [0, 0.05) is 30.7 Å². The maximum absolute atomic E-state index is 12.6. The van der Waals surface area contributed by atoms with Crippen LogP contribution in [0, 0.1) is 5.92 Å². The Morgan fingerprint density at radius 1 is 1.27 bits per heavy atom. The van der Waals surface area contributed by atoms with Crippen molar-refractivity contribution >= 4 is 29.0 Å². The predicted molar refractivity (Wildman–Crippen MR) is 108 cm³/mol. The van der Waals surface area contributed by atoms with Gasteiger partial charge >= 0.3 is 0 Å². The van der Waals surface area contributed by atoms with Crippen LogP contribution in [0.2, 0.25) is 0 Å². The molecule has 138 valence electrons. The molecule has 1 saturated heterocycles. The van der Waals surface area contributed by atoms with E-state index in [1.807, 2.05) is 25.3 Å². The van der Waals surface area contributed by atoms with Crippen molar-refractivity contribution in [3.8, 4) is 0 Å². The van der Waals surface area contributed by atoms with E-state index < -0.39 is 0 Å². The van der Waals surface area contributed by atoms with Crippen LogP contribution in [0.25, 0.3) is 0 Å². The normalized spacial score (nSPS) is 15.1. The molecule has 0 unspecified atom stereocenters. The van der Waals surface area contributed by atoms with Crippen LogP contribution in [-0.4, -0.2) is 35.2 Å². The molecule has 0 radical (unpaired) electrons. The molecule has 3 rings (SSSR count). The summed E-state index contributed by atoms with van der Waals surface area (Å²) in [6.07, 6.45) is 6.73. The number of hydrogen-bond acceptors (Lipinski definition) is 5. The number of nitrogens with zero attached hydrogens (tertiary/aromatic N) is 3. The first-order valence-corrected chi connectivity index (χ1v) is 10.4. The second kappa shape index (κ2) is 8.54. The van der Waals surface area contributed by atoms with E-state index in [0.717, 1.165) is 30.4 Å². The van der Waals surface area contributed by atoms with Crippen molar-refractivity contribution in [1.29, 1.82) is 0 Å². The Balaban J connectivity index is 1.68. The van der Waals surface area contributed by atoms with Crippen LogP contribution < -0.4 is 10.2 Å². The van der Waals surface area contributed by atoms with Gasteiger partial charge in [-0.05, 0) is 55.7 Å². The standard InChI is InChI=1S/C20H26N4OS/c1-4-18-17(13-21-20(23-18)26-3)19(25)22-15-5-7-16(8-6-15)24-11-9-14(2)10-12-24/h5-8,13-14H,4,9-12H2,1-3H3,(H,22,25). The highest BCUT2D eigenvalue weighted by Gasteiger charge is 2.17. The van der Waals surface area contributed by atoms with Gasteiger partial charge in [-0.15, -0.1) is 0 Å². The molecule has 1 aromatic heterocycles. The lowest BCUT2D eigenvalue weighted by molar-refractivity contribution is 0.102. The molecule has 0 aliphatic carbocycles. The highest BCUT2D eigenvalue weighted by atomic mass is 32.2. The summed E-state index contributed by atoms with van der Waals surface area (Å²) < 4.78 is 0. The van der Waals surface area contributed by atoms with Gasteiger partial charge in [-0.3, -0.25) is 4.79 Å². The summed E-state index contributed by atoms with van der Waals surface area (Å²) in [5.74, 6) is 0.659. The Labute approximate surface area is 159 Å². The molecule has 1 aliphatic rings. The Hall–Kier alpha value is -2.08. The Morgan fingerprint density at radius 2 is 1.96 bits per heavy atom. The molecular weight excluding hydrogens is 344 g/mol. The largest absolute Gasteiger partial charge is 0.372 e. The number of carbonyl (C=O) groups excluding carboxylic acids is 1. The van der Waals surface area contributed by atoms with Crippen molar-refractivity contribution in [3.05, 3.63) is 41.7 Å². The maximum atomic E-state index is 12.6. The zero-order valence-corrected chi connectivity index (χ0v) is 16.5. The first-order valence-electron chi connectivity index (χ1n) is 9.17. The molecule has 5 nitrogen and oxygen atoms in total. The van der Waals surface area contributed by atoms with Crippen LogP contribution in [0.5, 0.6) is 0 Å². The number of carbonyl (C=O) groups is 1. The zero-order valence-electron chi connectivity index (χ0n) is 15.7. The summed E-state index contributed by atoms with van der Waals surface area (Å²) in [7, 11) is 0. The van der Waals surface area contributed by atoms with Gasteiger partial charge in [0.1, 0.15) is 0 Å². The van der Waals surface area contributed by atoms with E-state index in [1.165, 1.54) is 30.3 Å². The number of hydrogen-bond donors (Lipinski definition) is 1. The maximum Gasteiger partial charge on any atom is 0.259 e. The zero-order chi connectivity index (χ0) is 18.5. The first kappa shape index (κ1) is 18.7. The fourth-order valence-electron chi connectivity index (χ4n) is 3.18. The Bertz CT molecular complexity index is 755. The van der Waals surface area contributed by atoms with Gasteiger partial charge in [-0.1, -0.05) is 25.6 Å². The second-order valence-corrected chi connectivity index (χ2v) is 7.51. The monoisotopic (exact) mass is 370 g/mol. The van der Waals surface area contributed by atoms with Gasteiger partial charge in [0.25, 0.3) is 5.91 Å². The molecule has 2 heterocycles. The van der Waals surface area contributed by atoms with Gasteiger partial charge < -0.3 is 10.2 Å². The van der Waals surface area contributed by atoms with Crippen LogP contribution in [0.3, 0.4) is 0 Å². The van der Waals surface area contributed by atoms with Crippen LogP contribution in [0.1, 0.15) is 42.7 Å². The molecule has 0 saturated carbocycles. The number of aromatic nitrogens is 2. The molecule has 0 spiro atoms. The van der Waals surface area contributed by atoms with Gasteiger partial charge in [-0.25, -0.2) is 9.97 Å². The van der Waals surface area contributed by atoms with Crippen molar-refractivity contribution < 1.29 is 4.79 Å². The van der Waals surface area contributed by atoms with Gasteiger partial charge in [0.15, 0.2) is 5.16 Å². The van der Waals surface area contributed by atoms with Gasteiger partial charge in [-0.2, -0.15) is 0 Å². The lowest BCUT2D eigenvalue weighted by Crippen LogP contribution is -2.32. The van der Waals surface area contributed by atoms with E-state index in [0.29, 0.717) is 17.1 Å².